The summed E-state index contributed by atoms with van der Waals surface area (Å²) in [5.74, 6) is 0. The molecule has 4 aromatic heterocycles. The van der Waals surface area contributed by atoms with Gasteiger partial charge in [0.15, 0.2) is 10.7 Å². The van der Waals surface area contributed by atoms with Gasteiger partial charge in [-0.1, -0.05) is 72.0 Å². The summed E-state index contributed by atoms with van der Waals surface area (Å²) in [6.45, 7) is 1.91. The van der Waals surface area contributed by atoms with Gasteiger partial charge < -0.3 is 5.73 Å². The molecular formula is C22H15N9S. The molecule has 32 heavy (non-hydrogen) atoms. The molecule has 0 radical (unpaired) electrons. The fourth-order valence-corrected chi connectivity index (χ4v) is 4.41. The van der Waals surface area contributed by atoms with Crippen molar-refractivity contribution < 1.29 is 0 Å². The van der Waals surface area contributed by atoms with E-state index in [1.807, 2.05) is 67.6 Å². The summed E-state index contributed by atoms with van der Waals surface area (Å²) in [6, 6.07) is 20.0. The Labute approximate surface area is 185 Å². The van der Waals surface area contributed by atoms with Crippen molar-refractivity contribution in [3.63, 3.8) is 0 Å². The lowest BCUT2D eigenvalue weighted by Gasteiger charge is -2.09. The van der Waals surface area contributed by atoms with Crippen molar-refractivity contribution >= 4 is 33.1 Å². The van der Waals surface area contributed by atoms with E-state index in [9.17, 15) is 0 Å². The van der Waals surface area contributed by atoms with Gasteiger partial charge in [-0.05, 0) is 12.5 Å². The van der Waals surface area contributed by atoms with Crippen molar-refractivity contribution in [3.05, 3.63) is 66.4 Å². The van der Waals surface area contributed by atoms with Gasteiger partial charge in [0, 0.05) is 11.1 Å². The summed E-state index contributed by atoms with van der Waals surface area (Å²) in [5, 5.41) is 32.4. The third-order valence-electron chi connectivity index (χ3n) is 5.23. The van der Waals surface area contributed by atoms with Crippen molar-refractivity contribution in [2.45, 2.75) is 6.92 Å². The molecule has 0 unspecified atom stereocenters. The Morgan fingerprint density at radius 3 is 2.12 bits per heavy atom. The molecule has 4 heterocycles. The van der Waals surface area contributed by atoms with Crippen LogP contribution in [0.5, 0.6) is 0 Å². The Morgan fingerprint density at radius 2 is 1.44 bits per heavy atom. The Kier molecular flexibility index (Phi) is 4.12. The number of aromatic nitrogens is 8. The third-order valence-corrected chi connectivity index (χ3v) is 5.99. The maximum Gasteiger partial charge on any atom is 0.206 e. The molecule has 0 saturated carbocycles. The number of benzene rings is 2. The molecule has 0 aliphatic rings. The highest BCUT2D eigenvalue weighted by molar-refractivity contribution is 7.18. The van der Waals surface area contributed by atoms with Gasteiger partial charge in [-0.2, -0.15) is 0 Å². The fraction of sp³-hybridized carbons (Fsp3) is 0.0455. The molecule has 154 valence electrons. The van der Waals surface area contributed by atoms with E-state index in [1.165, 1.54) is 11.3 Å². The summed E-state index contributed by atoms with van der Waals surface area (Å²) in [6.07, 6.45) is 0. The topological polar surface area (TPSA) is 121 Å². The van der Waals surface area contributed by atoms with E-state index >= 15 is 0 Å². The van der Waals surface area contributed by atoms with Crippen LogP contribution in [0.3, 0.4) is 0 Å². The lowest BCUT2D eigenvalue weighted by Crippen LogP contribution is -2.02. The summed E-state index contributed by atoms with van der Waals surface area (Å²) in [4.78, 5) is 0. The minimum absolute atomic E-state index is 0.372. The van der Waals surface area contributed by atoms with Crippen molar-refractivity contribution in [2.75, 3.05) is 5.73 Å². The Bertz CT molecular complexity index is 1590. The molecule has 0 spiro atoms. The maximum absolute atomic E-state index is 5.75. The van der Waals surface area contributed by atoms with Crippen molar-refractivity contribution in [2.24, 2.45) is 0 Å². The minimum atomic E-state index is 0.372. The minimum Gasteiger partial charge on any atom is -0.374 e. The molecule has 2 N–H and O–H groups in total. The van der Waals surface area contributed by atoms with Gasteiger partial charge in [0.2, 0.25) is 10.8 Å². The van der Waals surface area contributed by atoms with Gasteiger partial charge in [-0.15, -0.1) is 35.7 Å². The largest absolute Gasteiger partial charge is 0.374 e. The Hall–Kier alpha value is -4.31. The average molecular weight is 437 g/mol. The SMILES string of the molecule is Cc1c(-c2nnc(N)s2)nnc2c3c(-c4ccccc4)c(-c4ccccc4)nnc3nn12. The summed E-state index contributed by atoms with van der Waals surface area (Å²) < 4.78 is 1.74. The second-order valence-electron chi connectivity index (χ2n) is 7.17. The van der Waals surface area contributed by atoms with E-state index < -0.39 is 0 Å². The number of fused-ring (bicyclic) bond motifs is 3. The molecule has 0 fully saturated rings. The van der Waals surface area contributed by atoms with Crippen LogP contribution in [-0.2, 0) is 0 Å². The molecule has 6 aromatic rings. The summed E-state index contributed by atoms with van der Waals surface area (Å²) in [7, 11) is 0. The Balaban J connectivity index is 1.70. The van der Waals surface area contributed by atoms with Crippen LogP contribution < -0.4 is 5.73 Å². The first-order valence-corrected chi connectivity index (χ1v) is 10.6. The van der Waals surface area contributed by atoms with E-state index in [0.29, 0.717) is 27.1 Å². The van der Waals surface area contributed by atoms with Gasteiger partial charge >= 0.3 is 0 Å². The average Bonchev–Trinajstić information content (AvgIpc) is 3.44. The van der Waals surface area contributed by atoms with E-state index in [-0.39, 0.29) is 0 Å². The quantitative estimate of drug-likeness (QED) is 0.444. The zero-order valence-electron chi connectivity index (χ0n) is 16.8. The standard InChI is InChI=1S/C22H15N9S/c1-12-17(21-28-29-22(23)32-21)24-27-20-16-15(13-8-4-2-5-9-13)18(14-10-6-3-7-11-14)25-26-19(16)30-31(12)20/h2-11H,1H3,(H2,23,29). The lowest BCUT2D eigenvalue weighted by atomic mass is 9.97. The van der Waals surface area contributed by atoms with Gasteiger partial charge in [0.1, 0.15) is 11.4 Å². The summed E-state index contributed by atoms with van der Waals surface area (Å²) >= 11 is 1.25. The number of nitrogen functional groups attached to an aromatic ring is 1. The number of nitrogens with zero attached hydrogens (tertiary/aromatic N) is 8. The predicted molar refractivity (Wildman–Crippen MR) is 123 cm³/mol. The van der Waals surface area contributed by atoms with E-state index in [0.717, 1.165) is 33.5 Å². The molecule has 0 aliphatic carbocycles. The molecule has 0 aliphatic heterocycles. The van der Waals surface area contributed by atoms with Crippen LogP contribution in [0.4, 0.5) is 5.13 Å². The lowest BCUT2D eigenvalue weighted by molar-refractivity contribution is 0.855. The van der Waals surface area contributed by atoms with Gasteiger partial charge in [-0.25, -0.2) is 4.52 Å². The van der Waals surface area contributed by atoms with Crippen LogP contribution in [0.1, 0.15) is 5.69 Å². The second-order valence-corrected chi connectivity index (χ2v) is 8.18. The van der Waals surface area contributed by atoms with Gasteiger partial charge in [-0.3, -0.25) is 0 Å². The van der Waals surface area contributed by atoms with Crippen LogP contribution in [0.25, 0.3) is 49.8 Å². The van der Waals surface area contributed by atoms with Crippen LogP contribution in [-0.4, -0.2) is 40.2 Å². The number of rotatable bonds is 3. The van der Waals surface area contributed by atoms with E-state index in [2.05, 4.69) is 30.6 Å². The highest BCUT2D eigenvalue weighted by Crippen LogP contribution is 2.37. The fourth-order valence-electron chi connectivity index (χ4n) is 3.77. The normalized spacial score (nSPS) is 11.4. The predicted octanol–water partition coefficient (Wildman–Crippen LogP) is 3.81. The first-order chi connectivity index (χ1) is 15.7. The van der Waals surface area contributed by atoms with Crippen LogP contribution in [0, 0.1) is 6.92 Å². The molecule has 0 atom stereocenters. The van der Waals surface area contributed by atoms with Crippen molar-refractivity contribution in [1.29, 1.82) is 0 Å². The number of aryl methyl sites for hydroxylation is 1. The summed E-state index contributed by atoms with van der Waals surface area (Å²) in [5.41, 5.74) is 11.8. The van der Waals surface area contributed by atoms with Crippen LogP contribution >= 0.6 is 11.3 Å². The molecule has 0 bridgehead atoms. The molecular weight excluding hydrogens is 422 g/mol. The number of hydrogen-bond donors (Lipinski definition) is 1. The molecule has 2 aromatic carbocycles. The highest BCUT2D eigenvalue weighted by Gasteiger charge is 2.23. The van der Waals surface area contributed by atoms with E-state index in [4.69, 9.17) is 10.8 Å². The van der Waals surface area contributed by atoms with Crippen molar-refractivity contribution in [3.8, 4) is 33.1 Å². The smallest absolute Gasteiger partial charge is 0.206 e. The maximum atomic E-state index is 5.75. The highest BCUT2D eigenvalue weighted by atomic mass is 32.1. The van der Waals surface area contributed by atoms with Crippen LogP contribution in [0.2, 0.25) is 0 Å². The van der Waals surface area contributed by atoms with Gasteiger partial charge in [0.05, 0.1) is 11.1 Å². The van der Waals surface area contributed by atoms with Crippen LogP contribution in [0.15, 0.2) is 60.7 Å². The first kappa shape index (κ1) is 18.5. The zero-order valence-corrected chi connectivity index (χ0v) is 17.7. The monoisotopic (exact) mass is 437 g/mol. The number of nitrogens with two attached hydrogens (primary N) is 1. The Morgan fingerprint density at radius 1 is 0.750 bits per heavy atom. The van der Waals surface area contributed by atoms with Crippen molar-refractivity contribution in [1.82, 2.24) is 40.2 Å². The first-order valence-electron chi connectivity index (χ1n) is 9.83. The van der Waals surface area contributed by atoms with E-state index in [1.54, 1.807) is 4.52 Å². The second kappa shape index (κ2) is 7.13. The zero-order chi connectivity index (χ0) is 21.7. The molecule has 10 heteroatoms. The third kappa shape index (κ3) is 2.81. The molecule has 0 saturated heterocycles. The molecule has 6 rings (SSSR count). The molecule has 0 amide bonds. The number of anilines is 1. The molecule has 9 nitrogen and oxygen atoms in total. The van der Waals surface area contributed by atoms with Gasteiger partial charge in [0.25, 0.3) is 0 Å². The number of hydrogen-bond acceptors (Lipinski definition) is 9.